The fourth-order valence-corrected chi connectivity index (χ4v) is 6.29. The van der Waals surface area contributed by atoms with Crippen molar-refractivity contribution < 1.29 is 23.1 Å². The molecule has 12 heteroatoms. The molecule has 11 nitrogen and oxygen atoms in total. The average molecular weight is 547 g/mol. The molecule has 2 aromatic rings. The Bertz CT molecular complexity index is 1230. The highest BCUT2D eigenvalue weighted by Crippen LogP contribution is 2.37. The van der Waals surface area contributed by atoms with Gasteiger partial charge in [0.15, 0.2) is 5.03 Å². The number of aliphatic hydroxyl groups is 1. The summed E-state index contributed by atoms with van der Waals surface area (Å²) in [6.45, 7) is 10.6. The molecule has 38 heavy (non-hydrogen) atoms. The van der Waals surface area contributed by atoms with Crippen molar-refractivity contribution in [2.24, 2.45) is 5.92 Å². The number of piperidine rings is 1. The number of aliphatic hydroxyl groups excluding tert-OH is 1. The van der Waals surface area contributed by atoms with E-state index in [0.717, 1.165) is 25.8 Å². The lowest BCUT2D eigenvalue weighted by Gasteiger charge is -2.34. The smallest absolute Gasteiger partial charge is 0.281 e. The Balaban J connectivity index is 1.44. The van der Waals surface area contributed by atoms with E-state index in [4.69, 9.17) is 4.74 Å². The van der Waals surface area contributed by atoms with Gasteiger partial charge in [0.05, 0.1) is 5.56 Å². The molecular weight excluding hydrogens is 508 g/mol. The van der Waals surface area contributed by atoms with Gasteiger partial charge < -0.3 is 20.1 Å². The Morgan fingerprint density at radius 3 is 2.63 bits per heavy atom. The van der Waals surface area contributed by atoms with Crippen molar-refractivity contribution in [3.63, 3.8) is 0 Å². The van der Waals surface area contributed by atoms with Crippen molar-refractivity contribution in [3.05, 3.63) is 42.1 Å². The Kier molecular flexibility index (Phi) is 8.55. The second-order valence-corrected chi connectivity index (χ2v) is 12.3. The van der Waals surface area contributed by atoms with E-state index >= 15 is 0 Å². The second kappa shape index (κ2) is 11.5. The fraction of sp³-hybridized carbons (Fsp3) is 0.577. The van der Waals surface area contributed by atoms with Crippen molar-refractivity contribution in [1.29, 1.82) is 0 Å². The Hall–Kier alpha value is -2.80. The van der Waals surface area contributed by atoms with Crippen LogP contribution >= 0.6 is 0 Å². The molecule has 2 saturated heterocycles. The summed E-state index contributed by atoms with van der Waals surface area (Å²) in [4.78, 5) is 25.8. The van der Waals surface area contributed by atoms with Crippen LogP contribution < -0.4 is 14.9 Å². The first-order valence-corrected chi connectivity index (χ1v) is 14.6. The topological polar surface area (TPSA) is 137 Å². The van der Waals surface area contributed by atoms with Gasteiger partial charge in [-0.25, -0.2) is 14.7 Å². The zero-order valence-electron chi connectivity index (χ0n) is 22.4. The number of amides is 1. The lowest BCUT2D eigenvalue weighted by molar-refractivity contribution is -0.194. The maximum absolute atomic E-state index is 13.2. The molecule has 208 valence electrons. The molecule has 0 aromatic carbocycles. The molecular formula is C26H38N6O5S. The third-order valence-electron chi connectivity index (χ3n) is 7.10. The van der Waals surface area contributed by atoms with Gasteiger partial charge in [0.1, 0.15) is 11.6 Å². The van der Waals surface area contributed by atoms with Crippen LogP contribution in [0.25, 0.3) is 0 Å². The molecule has 2 atom stereocenters. The molecule has 2 unspecified atom stereocenters. The molecule has 0 aliphatic carbocycles. The van der Waals surface area contributed by atoms with E-state index in [0.29, 0.717) is 37.3 Å². The molecule has 4 heterocycles. The minimum Gasteiger partial charge on any atom is -0.367 e. The Morgan fingerprint density at radius 1 is 1.24 bits per heavy atom. The molecule has 0 saturated carbocycles. The van der Waals surface area contributed by atoms with Crippen LogP contribution in [0.3, 0.4) is 0 Å². The zero-order valence-corrected chi connectivity index (χ0v) is 23.2. The predicted octanol–water partition coefficient (Wildman–Crippen LogP) is 2.41. The van der Waals surface area contributed by atoms with Crippen LogP contribution in [-0.4, -0.2) is 78.5 Å². The first-order valence-electron chi connectivity index (χ1n) is 13.1. The van der Waals surface area contributed by atoms with Gasteiger partial charge in [-0.05, 0) is 70.2 Å². The van der Waals surface area contributed by atoms with Gasteiger partial charge in [-0.2, -0.15) is 8.42 Å². The first-order chi connectivity index (χ1) is 18.0. The van der Waals surface area contributed by atoms with Gasteiger partial charge in [-0.15, -0.1) is 0 Å². The number of likely N-dealkylation sites (tertiary alicyclic amines) is 1. The highest BCUT2D eigenvalue weighted by molar-refractivity contribution is 7.90. The monoisotopic (exact) mass is 546 g/mol. The Morgan fingerprint density at radius 2 is 1.97 bits per heavy atom. The number of ether oxygens (including phenoxy) is 1. The number of anilines is 2. The molecule has 1 amide bonds. The number of carbonyl (C=O) groups excluding carboxylic acids is 1. The number of aromatic nitrogens is 2. The maximum Gasteiger partial charge on any atom is 0.281 e. The molecule has 2 aliphatic rings. The van der Waals surface area contributed by atoms with Crippen molar-refractivity contribution in [2.75, 3.05) is 36.5 Å². The third-order valence-corrected chi connectivity index (χ3v) is 8.33. The van der Waals surface area contributed by atoms with Crippen molar-refractivity contribution in [2.45, 2.75) is 70.0 Å². The van der Waals surface area contributed by atoms with E-state index in [9.17, 15) is 18.3 Å². The van der Waals surface area contributed by atoms with E-state index in [1.807, 2.05) is 11.8 Å². The van der Waals surface area contributed by atoms with Gasteiger partial charge in [0, 0.05) is 44.0 Å². The number of sulfonamides is 1. The highest BCUT2D eigenvalue weighted by atomic mass is 32.2. The second-order valence-electron chi connectivity index (χ2n) is 10.6. The lowest BCUT2D eigenvalue weighted by Crippen LogP contribution is -2.45. The van der Waals surface area contributed by atoms with E-state index in [1.54, 1.807) is 30.5 Å². The van der Waals surface area contributed by atoms with Gasteiger partial charge >= 0.3 is 0 Å². The molecule has 0 bridgehead atoms. The van der Waals surface area contributed by atoms with E-state index < -0.39 is 22.3 Å². The predicted molar refractivity (Wildman–Crippen MR) is 144 cm³/mol. The minimum atomic E-state index is -4.23. The fourth-order valence-electron chi connectivity index (χ4n) is 5.35. The largest absolute Gasteiger partial charge is 0.367 e. The minimum absolute atomic E-state index is 0.0595. The molecule has 2 aromatic heterocycles. The summed E-state index contributed by atoms with van der Waals surface area (Å²) in [5.41, 5.74) is -0.00550. The summed E-state index contributed by atoms with van der Waals surface area (Å²) < 4.78 is 33.7. The van der Waals surface area contributed by atoms with Crippen LogP contribution in [0, 0.1) is 5.92 Å². The number of carbonyl (C=O) groups is 1. The number of hydrogen-bond acceptors (Lipinski definition) is 10. The third kappa shape index (κ3) is 6.42. The molecule has 2 aliphatic heterocycles. The summed E-state index contributed by atoms with van der Waals surface area (Å²) in [6.07, 6.45) is 3.09. The van der Waals surface area contributed by atoms with Crippen molar-refractivity contribution >= 4 is 27.6 Å². The van der Waals surface area contributed by atoms with Crippen LogP contribution in [-0.2, 0) is 14.8 Å². The molecule has 0 spiro atoms. The quantitative estimate of drug-likeness (QED) is 0.402. The summed E-state index contributed by atoms with van der Waals surface area (Å²) in [5, 5.41) is 13.0. The summed E-state index contributed by atoms with van der Waals surface area (Å²) in [7, 11) is -4.23. The first kappa shape index (κ1) is 28.2. The number of hydrogen-bond donors (Lipinski definition) is 3. The number of pyridine rings is 2. The average Bonchev–Trinajstić information content (AvgIpc) is 3.16. The standard InChI is InChI=1S/C26H38N6O5S/c1-5-37-25(34)31-14-11-19(12-15-31)28-21-9-6-10-22(29-21)38(35,36)30-24(33)20-8-7-13-27-23(20)32-17-18(2)16-26(32,3)4/h6-10,13,18-19,25,34H,5,11-12,14-17H2,1-4H3,(H,28,29)(H,30,33). The van der Waals surface area contributed by atoms with Gasteiger partial charge in [0.25, 0.3) is 15.9 Å². The molecule has 3 N–H and O–H groups in total. The highest BCUT2D eigenvalue weighted by Gasteiger charge is 2.39. The number of rotatable bonds is 9. The molecule has 2 fully saturated rings. The number of nitrogens with one attached hydrogen (secondary N) is 2. The van der Waals surface area contributed by atoms with Crippen LogP contribution in [0.1, 0.15) is 57.3 Å². The van der Waals surface area contributed by atoms with Crippen molar-refractivity contribution in [3.8, 4) is 0 Å². The van der Waals surface area contributed by atoms with Crippen LogP contribution in [0.5, 0.6) is 0 Å². The molecule has 4 rings (SSSR count). The molecule has 0 radical (unpaired) electrons. The summed E-state index contributed by atoms with van der Waals surface area (Å²) in [6, 6.07) is 7.91. The van der Waals surface area contributed by atoms with E-state index in [-0.39, 0.29) is 22.2 Å². The summed E-state index contributed by atoms with van der Waals surface area (Å²) in [5.74, 6) is 0.551. The van der Waals surface area contributed by atoms with Crippen LogP contribution in [0.2, 0.25) is 0 Å². The Labute approximate surface area is 224 Å². The SMILES string of the molecule is CCOC(O)N1CCC(Nc2cccc(S(=O)(=O)NC(=O)c3cccnc3N3CC(C)CC3(C)C)n2)CC1. The number of nitrogens with zero attached hydrogens (tertiary/aromatic N) is 4. The lowest BCUT2D eigenvalue weighted by atomic mass is 9.97. The van der Waals surface area contributed by atoms with Gasteiger partial charge in [-0.1, -0.05) is 13.0 Å². The van der Waals surface area contributed by atoms with Crippen LogP contribution in [0.4, 0.5) is 11.6 Å². The van der Waals surface area contributed by atoms with Crippen LogP contribution in [0.15, 0.2) is 41.6 Å². The summed E-state index contributed by atoms with van der Waals surface area (Å²) >= 11 is 0. The van der Waals surface area contributed by atoms with E-state index in [1.165, 1.54) is 6.07 Å². The maximum atomic E-state index is 13.2. The van der Waals surface area contributed by atoms with Gasteiger partial charge in [-0.3, -0.25) is 9.69 Å². The van der Waals surface area contributed by atoms with E-state index in [2.05, 4.69) is 45.7 Å². The normalized spacial score (nSPS) is 21.3. The van der Waals surface area contributed by atoms with Gasteiger partial charge in [0.2, 0.25) is 6.41 Å². The zero-order chi connectivity index (χ0) is 27.5. The van der Waals surface area contributed by atoms with Crippen molar-refractivity contribution in [1.82, 2.24) is 19.6 Å².